The number of anilines is 1. The zero-order valence-electron chi connectivity index (χ0n) is 11.8. The molecular formula is C13H18ClN3O3S. The summed E-state index contributed by atoms with van der Waals surface area (Å²) in [6.45, 7) is 2.57. The van der Waals surface area contributed by atoms with Crippen LogP contribution in [0.1, 0.15) is 0 Å². The van der Waals surface area contributed by atoms with Gasteiger partial charge in [-0.25, -0.2) is 8.42 Å². The van der Waals surface area contributed by atoms with E-state index >= 15 is 0 Å². The number of nitrogen functional groups attached to an aromatic ring is 1. The number of carbonyl (C=O) groups is 1. The zero-order valence-corrected chi connectivity index (χ0v) is 13.3. The van der Waals surface area contributed by atoms with Crippen LogP contribution in [0.3, 0.4) is 0 Å². The maximum atomic E-state index is 12.3. The van der Waals surface area contributed by atoms with E-state index < -0.39 is 21.5 Å². The van der Waals surface area contributed by atoms with E-state index in [-0.39, 0.29) is 9.92 Å². The number of nitrogens with two attached hydrogens (primary N) is 1. The van der Waals surface area contributed by atoms with Crippen LogP contribution < -0.4 is 5.73 Å². The van der Waals surface area contributed by atoms with Gasteiger partial charge in [-0.2, -0.15) is 0 Å². The first-order chi connectivity index (χ1) is 9.79. The monoisotopic (exact) mass is 331 g/mol. The number of hydrogen-bond acceptors (Lipinski definition) is 5. The summed E-state index contributed by atoms with van der Waals surface area (Å²) < 4.78 is 24.6. The smallest absolute Gasteiger partial charge is 0.238 e. The first kappa shape index (κ1) is 16.1. The van der Waals surface area contributed by atoms with Crippen LogP contribution in [0.5, 0.6) is 0 Å². The Morgan fingerprint density at radius 2 is 1.90 bits per heavy atom. The van der Waals surface area contributed by atoms with Crippen LogP contribution in [0.25, 0.3) is 0 Å². The molecule has 0 saturated carbocycles. The van der Waals surface area contributed by atoms with Crippen LogP contribution in [0.4, 0.5) is 5.69 Å². The molecular weight excluding hydrogens is 314 g/mol. The minimum atomic E-state index is -3.76. The van der Waals surface area contributed by atoms with Gasteiger partial charge in [-0.3, -0.25) is 4.79 Å². The second-order valence-corrected chi connectivity index (χ2v) is 7.50. The predicted molar refractivity (Wildman–Crippen MR) is 82.0 cm³/mol. The summed E-state index contributed by atoms with van der Waals surface area (Å²) in [5, 5.41) is 0.0428. The summed E-state index contributed by atoms with van der Waals surface area (Å²) in [6, 6.07) is 4.16. The molecule has 0 aliphatic carbocycles. The van der Waals surface area contributed by atoms with Gasteiger partial charge in [-0.05, 0) is 25.2 Å². The van der Waals surface area contributed by atoms with Gasteiger partial charge in [0.25, 0.3) is 0 Å². The molecule has 2 rings (SSSR count). The Balaban J connectivity index is 2.12. The Labute approximate surface area is 129 Å². The van der Waals surface area contributed by atoms with Crippen LogP contribution in [0.2, 0.25) is 5.02 Å². The van der Waals surface area contributed by atoms with Crippen LogP contribution in [0, 0.1) is 0 Å². The lowest BCUT2D eigenvalue weighted by atomic mass is 10.3. The van der Waals surface area contributed by atoms with Gasteiger partial charge in [0.15, 0.2) is 9.84 Å². The van der Waals surface area contributed by atoms with Gasteiger partial charge >= 0.3 is 0 Å². The zero-order chi connectivity index (χ0) is 15.6. The van der Waals surface area contributed by atoms with Crippen LogP contribution >= 0.6 is 11.6 Å². The molecule has 1 aliphatic rings. The largest absolute Gasteiger partial charge is 0.399 e. The lowest BCUT2D eigenvalue weighted by Gasteiger charge is -2.32. The van der Waals surface area contributed by atoms with Crippen LogP contribution in [0.15, 0.2) is 23.1 Å². The van der Waals surface area contributed by atoms with E-state index in [1.807, 2.05) is 7.05 Å². The number of nitrogens with zero attached hydrogens (tertiary/aromatic N) is 2. The van der Waals surface area contributed by atoms with Crippen molar-refractivity contribution in [2.45, 2.75) is 4.90 Å². The first-order valence-electron chi connectivity index (χ1n) is 6.54. The summed E-state index contributed by atoms with van der Waals surface area (Å²) in [4.78, 5) is 15.7. The number of piperazine rings is 1. The molecule has 1 aliphatic heterocycles. The maximum Gasteiger partial charge on any atom is 0.238 e. The molecule has 0 aromatic heterocycles. The maximum absolute atomic E-state index is 12.3. The minimum absolute atomic E-state index is 0.0428. The van der Waals surface area contributed by atoms with Crippen LogP contribution in [-0.2, 0) is 14.6 Å². The van der Waals surface area contributed by atoms with Crippen molar-refractivity contribution in [2.75, 3.05) is 44.7 Å². The van der Waals surface area contributed by atoms with Crippen molar-refractivity contribution in [1.82, 2.24) is 9.80 Å². The van der Waals surface area contributed by atoms with Crippen molar-refractivity contribution in [3.05, 3.63) is 23.2 Å². The summed E-state index contributed by atoms with van der Waals surface area (Å²) in [7, 11) is -1.80. The quantitative estimate of drug-likeness (QED) is 0.814. The standard InChI is InChI=1S/C13H18ClN3O3S/c1-16-4-6-17(7-5-16)13(18)9-21(19,20)12-3-2-10(15)8-11(12)14/h2-3,8H,4-7,9,15H2,1H3. The molecule has 0 bridgehead atoms. The fourth-order valence-electron chi connectivity index (χ4n) is 2.16. The number of amides is 1. The van der Waals surface area contributed by atoms with E-state index in [1.54, 1.807) is 4.90 Å². The number of halogens is 1. The molecule has 0 atom stereocenters. The second kappa shape index (κ2) is 6.21. The third-order valence-electron chi connectivity index (χ3n) is 3.46. The highest BCUT2D eigenvalue weighted by atomic mass is 35.5. The number of carbonyl (C=O) groups excluding carboxylic acids is 1. The molecule has 0 spiro atoms. The van der Waals surface area contributed by atoms with Crippen molar-refractivity contribution >= 4 is 33.0 Å². The highest BCUT2D eigenvalue weighted by molar-refractivity contribution is 7.92. The number of hydrogen-bond donors (Lipinski definition) is 1. The average Bonchev–Trinajstić information content (AvgIpc) is 2.38. The summed E-state index contributed by atoms with van der Waals surface area (Å²) in [5.41, 5.74) is 5.92. The van der Waals surface area contributed by atoms with E-state index in [0.717, 1.165) is 13.1 Å². The molecule has 0 unspecified atom stereocenters. The molecule has 1 saturated heterocycles. The third-order valence-corrected chi connectivity index (χ3v) is 5.54. The van der Waals surface area contributed by atoms with E-state index in [1.165, 1.54) is 18.2 Å². The molecule has 21 heavy (non-hydrogen) atoms. The Hall–Kier alpha value is -1.31. The summed E-state index contributed by atoms with van der Waals surface area (Å²) >= 11 is 5.91. The lowest BCUT2D eigenvalue weighted by molar-refractivity contribution is -0.129. The van der Waals surface area contributed by atoms with Crippen molar-refractivity contribution in [3.63, 3.8) is 0 Å². The first-order valence-corrected chi connectivity index (χ1v) is 8.57. The lowest BCUT2D eigenvalue weighted by Crippen LogP contribution is -2.48. The molecule has 116 valence electrons. The summed E-state index contributed by atoms with van der Waals surface area (Å²) in [6.07, 6.45) is 0. The van der Waals surface area contributed by atoms with Gasteiger partial charge in [-0.1, -0.05) is 11.6 Å². The van der Waals surface area contributed by atoms with Crippen molar-refractivity contribution in [2.24, 2.45) is 0 Å². The van der Waals surface area contributed by atoms with E-state index in [4.69, 9.17) is 17.3 Å². The molecule has 1 aromatic rings. The molecule has 2 N–H and O–H groups in total. The van der Waals surface area contributed by atoms with Crippen molar-refractivity contribution < 1.29 is 13.2 Å². The second-order valence-electron chi connectivity index (χ2n) is 5.13. The predicted octanol–water partition coefficient (Wildman–Crippen LogP) is 0.470. The Kier molecular flexibility index (Phi) is 4.75. The number of sulfone groups is 1. The molecule has 1 fully saturated rings. The van der Waals surface area contributed by atoms with Gasteiger partial charge in [0.05, 0.1) is 9.92 Å². The topological polar surface area (TPSA) is 83.7 Å². The van der Waals surface area contributed by atoms with Gasteiger partial charge in [0.1, 0.15) is 5.75 Å². The SMILES string of the molecule is CN1CCN(C(=O)CS(=O)(=O)c2ccc(N)cc2Cl)CC1. The van der Waals surface area contributed by atoms with Gasteiger partial charge in [0, 0.05) is 31.9 Å². The Morgan fingerprint density at radius 3 is 2.48 bits per heavy atom. The number of benzene rings is 1. The van der Waals surface area contributed by atoms with Gasteiger partial charge < -0.3 is 15.5 Å². The van der Waals surface area contributed by atoms with Crippen molar-refractivity contribution in [1.29, 1.82) is 0 Å². The molecule has 8 heteroatoms. The van der Waals surface area contributed by atoms with E-state index in [9.17, 15) is 13.2 Å². The van der Waals surface area contributed by atoms with E-state index in [0.29, 0.717) is 18.8 Å². The molecule has 1 heterocycles. The number of rotatable bonds is 3. The molecule has 1 amide bonds. The van der Waals surface area contributed by atoms with E-state index in [2.05, 4.69) is 4.90 Å². The minimum Gasteiger partial charge on any atom is -0.399 e. The Bertz CT molecular complexity index is 640. The van der Waals surface area contributed by atoms with Crippen LogP contribution in [-0.4, -0.2) is 63.1 Å². The normalized spacial score (nSPS) is 17.0. The highest BCUT2D eigenvalue weighted by Gasteiger charge is 2.27. The summed E-state index contributed by atoms with van der Waals surface area (Å²) in [5.74, 6) is -0.962. The molecule has 1 aromatic carbocycles. The Morgan fingerprint density at radius 1 is 1.29 bits per heavy atom. The molecule has 6 nitrogen and oxygen atoms in total. The molecule has 0 radical (unpaired) electrons. The fraction of sp³-hybridized carbons (Fsp3) is 0.462. The van der Waals surface area contributed by atoms with Gasteiger partial charge in [0.2, 0.25) is 5.91 Å². The average molecular weight is 332 g/mol. The van der Waals surface area contributed by atoms with Crippen molar-refractivity contribution in [3.8, 4) is 0 Å². The number of likely N-dealkylation sites (N-methyl/N-ethyl adjacent to an activating group) is 1. The highest BCUT2D eigenvalue weighted by Crippen LogP contribution is 2.25. The van der Waals surface area contributed by atoms with Gasteiger partial charge in [-0.15, -0.1) is 0 Å². The third kappa shape index (κ3) is 3.87. The fourth-order valence-corrected chi connectivity index (χ4v) is 3.99.